The second kappa shape index (κ2) is 5.39. The van der Waals surface area contributed by atoms with Crippen LogP contribution in [0.3, 0.4) is 0 Å². The molecule has 0 saturated carbocycles. The highest BCUT2D eigenvalue weighted by Crippen LogP contribution is 2.31. The second-order valence-electron chi connectivity index (χ2n) is 5.32. The van der Waals surface area contributed by atoms with Crippen molar-refractivity contribution in [3.8, 4) is 0 Å². The number of benzene rings is 1. The largest absolute Gasteiger partial charge is 0.391 e. The number of hydrogen-bond donors (Lipinski definition) is 2. The van der Waals surface area contributed by atoms with Gasteiger partial charge in [0.25, 0.3) is 0 Å². The van der Waals surface area contributed by atoms with Crippen molar-refractivity contribution in [1.82, 2.24) is 5.32 Å². The molecule has 3 heteroatoms. The number of nitrogens with one attached hydrogen (secondary N) is 1. The zero-order chi connectivity index (χ0) is 12.4. The molecule has 1 aromatic rings. The summed E-state index contributed by atoms with van der Waals surface area (Å²) in [5.74, 6) is 0.363. The molecule has 1 saturated heterocycles. The number of aliphatic hydroxyl groups excluding tert-OH is 1. The van der Waals surface area contributed by atoms with Crippen LogP contribution in [0, 0.1) is 5.92 Å². The fraction of sp³-hybridized carbons (Fsp3) is 0.600. The van der Waals surface area contributed by atoms with E-state index in [0.29, 0.717) is 5.92 Å². The topological polar surface area (TPSA) is 41.5 Å². The predicted molar refractivity (Wildman–Crippen MR) is 70.4 cm³/mol. The molecule has 18 heavy (non-hydrogen) atoms. The van der Waals surface area contributed by atoms with Gasteiger partial charge in [-0.25, -0.2) is 0 Å². The van der Waals surface area contributed by atoms with Gasteiger partial charge in [0.15, 0.2) is 0 Å². The van der Waals surface area contributed by atoms with Crippen LogP contribution in [0.5, 0.6) is 0 Å². The Morgan fingerprint density at radius 3 is 2.83 bits per heavy atom. The van der Waals surface area contributed by atoms with Crippen LogP contribution in [-0.2, 0) is 11.2 Å². The maximum absolute atomic E-state index is 10.6. The summed E-state index contributed by atoms with van der Waals surface area (Å²) in [5.41, 5.74) is 2.66. The molecule has 2 unspecified atom stereocenters. The van der Waals surface area contributed by atoms with Crippen LogP contribution in [0.15, 0.2) is 24.3 Å². The Morgan fingerprint density at radius 1 is 1.22 bits per heavy atom. The lowest BCUT2D eigenvalue weighted by Crippen LogP contribution is -2.42. The fourth-order valence-corrected chi connectivity index (χ4v) is 3.17. The van der Waals surface area contributed by atoms with Gasteiger partial charge in [0.05, 0.1) is 12.1 Å². The standard InChI is InChI=1S/C15H21NO2/c17-15(12-6-9-18-10-7-12)14-13-4-2-1-3-11(13)5-8-16-14/h1-4,12,14-17H,5-10H2. The summed E-state index contributed by atoms with van der Waals surface area (Å²) in [6.45, 7) is 2.54. The van der Waals surface area contributed by atoms with E-state index in [1.54, 1.807) is 0 Å². The van der Waals surface area contributed by atoms with Crippen LogP contribution in [-0.4, -0.2) is 31.0 Å². The zero-order valence-corrected chi connectivity index (χ0v) is 10.6. The summed E-state index contributed by atoms with van der Waals surface area (Å²) in [5, 5.41) is 14.1. The maximum Gasteiger partial charge on any atom is 0.0764 e. The van der Waals surface area contributed by atoms with Gasteiger partial charge in [-0.05, 0) is 42.9 Å². The summed E-state index contributed by atoms with van der Waals surface area (Å²) in [4.78, 5) is 0. The Hall–Kier alpha value is -0.900. The van der Waals surface area contributed by atoms with Gasteiger partial charge in [-0.1, -0.05) is 24.3 Å². The van der Waals surface area contributed by atoms with Gasteiger partial charge in [-0.3, -0.25) is 0 Å². The zero-order valence-electron chi connectivity index (χ0n) is 10.6. The molecule has 0 bridgehead atoms. The van der Waals surface area contributed by atoms with Crippen molar-refractivity contribution < 1.29 is 9.84 Å². The molecule has 1 aromatic carbocycles. The van der Waals surface area contributed by atoms with Gasteiger partial charge in [-0.15, -0.1) is 0 Å². The molecule has 2 N–H and O–H groups in total. The number of aliphatic hydroxyl groups is 1. The molecule has 0 spiro atoms. The minimum absolute atomic E-state index is 0.0954. The molecule has 1 fully saturated rings. The van der Waals surface area contributed by atoms with E-state index in [0.717, 1.165) is 39.0 Å². The summed E-state index contributed by atoms with van der Waals surface area (Å²) in [6.07, 6.45) is 2.71. The van der Waals surface area contributed by atoms with E-state index in [9.17, 15) is 5.11 Å². The van der Waals surface area contributed by atoms with Crippen molar-refractivity contribution in [3.63, 3.8) is 0 Å². The van der Waals surface area contributed by atoms with E-state index in [1.165, 1.54) is 11.1 Å². The third-order valence-corrected chi connectivity index (χ3v) is 4.24. The first-order chi connectivity index (χ1) is 8.86. The molecular weight excluding hydrogens is 226 g/mol. The normalized spacial score (nSPS) is 26.6. The average molecular weight is 247 g/mol. The monoisotopic (exact) mass is 247 g/mol. The van der Waals surface area contributed by atoms with Gasteiger partial charge in [-0.2, -0.15) is 0 Å². The quantitative estimate of drug-likeness (QED) is 0.835. The first-order valence-electron chi connectivity index (χ1n) is 6.93. The highest BCUT2D eigenvalue weighted by molar-refractivity contribution is 5.33. The van der Waals surface area contributed by atoms with Gasteiger partial charge >= 0.3 is 0 Å². The molecule has 3 nitrogen and oxygen atoms in total. The minimum atomic E-state index is -0.296. The lowest BCUT2D eigenvalue weighted by molar-refractivity contribution is -0.00894. The van der Waals surface area contributed by atoms with Crippen LogP contribution < -0.4 is 5.32 Å². The number of hydrogen-bond acceptors (Lipinski definition) is 3. The summed E-state index contributed by atoms with van der Waals surface area (Å²) >= 11 is 0. The molecule has 0 amide bonds. The van der Waals surface area contributed by atoms with Crippen LogP contribution in [0.25, 0.3) is 0 Å². The SMILES string of the molecule is OC(C1CCOCC1)C1NCCc2ccccc21. The van der Waals surface area contributed by atoms with Gasteiger partial charge < -0.3 is 15.2 Å². The lowest BCUT2D eigenvalue weighted by atomic mass is 9.83. The smallest absolute Gasteiger partial charge is 0.0764 e. The van der Waals surface area contributed by atoms with E-state index in [4.69, 9.17) is 4.74 Å². The molecular formula is C15H21NO2. The van der Waals surface area contributed by atoms with Crippen molar-refractivity contribution >= 4 is 0 Å². The van der Waals surface area contributed by atoms with Crippen molar-refractivity contribution in [2.75, 3.05) is 19.8 Å². The van der Waals surface area contributed by atoms with Gasteiger partial charge in [0.2, 0.25) is 0 Å². The highest BCUT2D eigenvalue weighted by Gasteiger charge is 2.32. The average Bonchev–Trinajstić information content (AvgIpc) is 2.47. The maximum atomic E-state index is 10.6. The van der Waals surface area contributed by atoms with Gasteiger partial charge in [0, 0.05) is 13.2 Å². The van der Waals surface area contributed by atoms with E-state index in [1.807, 2.05) is 0 Å². The van der Waals surface area contributed by atoms with E-state index in [-0.39, 0.29) is 12.1 Å². The first-order valence-corrected chi connectivity index (χ1v) is 6.93. The van der Waals surface area contributed by atoms with Crippen molar-refractivity contribution in [2.24, 2.45) is 5.92 Å². The molecule has 98 valence electrons. The third-order valence-electron chi connectivity index (χ3n) is 4.24. The molecule has 2 aliphatic rings. The van der Waals surface area contributed by atoms with Crippen molar-refractivity contribution in [2.45, 2.75) is 31.4 Å². The highest BCUT2D eigenvalue weighted by atomic mass is 16.5. The van der Waals surface area contributed by atoms with Crippen molar-refractivity contribution in [3.05, 3.63) is 35.4 Å². The molecule has 0 aliphatic carbocycles. The molecule has 3 rings (SSSR count). The second-order valence-corrected chi connectivity index (χ2v) is 5.32. The van der Waals surface area contributed by atoms with Crippen LogP contribution >= 0.6 is 0 Å². The Kier molecular flexibility index (Phi) is 3.64. The van der Waals surface area contributed by atoms with E-state index in [2.05, 4.69) is 29.6 Å². The van der Waals surface area contributed by atoms with Crippen LogP contribution in [0.2, 0.25) is 0 Å². The summed E-state index contributed by atoms with van der Waals surface area (Å²) in [7, 11) is 0. The summed E-state index contributed by atoms with van der Waals surface area (Å²) < 4.78 is 5.38. The predicted octanol–water partition coefficient (Wildman–Crippen LogP) is 1.66. The molecule has 0 radical (unpaired) electrons. The number of rotatable bonds is 2. The molecule has 2 atom stereocenters. The fourth-order valence-electron chi connectivity index (χ4n) is 3.17. The molecule has 2 heterocycles. The first kappa shape index (κ1) is 12.2. The van der Waals surface area contributed by atoms with E-state index < -0.39 is 0 Å². The van der Waals surface area contributed by atoms with Gasteiger partial charge in [0.1, 0.15) is 0 Å². The minimum Gasteiger partial charge on any atom is -0.391 e. The van der Waals surface area contributed by atoms with E-state index >= 15 is 0 Å². The lowest BCUT2D eigenvalue weighted by Gasteiger charge is -2.36. The third kappa shape index (κ3) is 2.30. The van der Waals surface area contributed by atoms with Crippen molar-refractivity contribution in [1.29, 1.82) is 0 Å². The Morgan fingerprint density at radius 2 is 2.00 bits per heavy atom. The number of ether oxygens (including phenoxy) is 1. The Balaban J connectivity index is 1.80. The number of fused-ring (bicyclic) bond motifs is 1. The Labute approximate surface area is 108 Å². The molecule has 0 aromatic heterocycles. The summed E-state index contributed by atoms with van der Waals surface area (Å²) in [6, 6.07) is 8.57. The van der Waals surface area contributed by atoms with Crippen LogP contribution in [0.4, 0.5) is 0 Å². The van der Waals surface area contributed by atoms with Crippen LogP contribution in [0.1, 0.15) is 30.0 Å². The molecule has 2 aliphatic heterocycles. The Bertz CT molecular complexity index is 401.